The van der Waals surface area contributed by atoms with Gasteiger partial charge < -0.3 is 11.1 Å². The number of hydrogen-bond acceptors (Lipinski definition) is 2. The molecule has 0 aromatic carbocycles. The highest BCUT2D eigenvalue weighted by Crippen LogP contribution is 2.35. The lowest BCUT2D eigenvalue weighted by atomic mass is 9.75. The summed E-state index contributed by atoms with van der Waals surface area (Å²) in [6.45, 7) is 9.14. The lowest BCUT2D eigenvalue weighted by molar-refractivity contribution is -0.125. The molecular formula is C13H26N2O. The lowest BCUT2D eigenvalue weighted by Crippen LogP contribution is -2.45. The molecule has 1 fully saturated rings. The predicted molar refractivity (Wildman–Crippen MR) is 67.0 cm³/mol. The molecule has 0 heterocycles. The summed E-state index contributed by atoms with van der Waals surface area (Å²) < 4.78 is 0. The highest BCUT2D eigenvalue weighted by molar-refractivity contribution is 5.80. The molecule has 0 aromatic rings. The van der Waals surface area contributed by atoms with Crippen LogP contribution in [0.4, 0.5) is 0 Å². The van der Waals surface area contributed by atoms with Gasteiger partial charge in [-0.2, -0.15) is 0 Å². The van der Waals surface area contributed by atoms with Crippen LogP contribution in [0.15, 0.2) is 0 Å². The van der Waals surface area contributed by atoms with Crippen LogP contribution in [0.25, 0.3) is 0 Å². The first-order valence-corrected chi connectivity index (χ1v) is 6.26. The summed E-state index contributed by atoms with van der Waals surface area (Å²) in [6.07, 6.45) is 4.95. The topological polar surface area (TPSA) is 55.1 Å². The SMILES string of the molecule is CC1(C)CCC(NCC(C)(C)C(N)=O)CC1. The van der Waals surface area contributed by atoms with Gasteiger partial charge in [-0.3, -0.25) is 4.79 Å². The van der Waals surface area contributed by atoms with E-state index in [1.165, 1.54) is 25.7 Å². The minimum Gasteiger partial charge on any atom is -0.369 e. The van der Waals surface area contributed by atoms with Crippen molar-refractivity contribution in [2.45, 2.75) is 59.4 Å². The van der Waals surface area contributed by atoms with E-state index in [1.807, 2.05) is 13.8 Å². The number of primary amides is 1. The molecule has 3 N–H and O–H groups in total. The van der Waals surface area contributed by atoms with Crippen LogP contribution in [-0.2, 0) is 4.79 Å². The Kier molecular flexibility index (Phi) is 4.00. The molecule has 3 heteroatoms. The van der Waals surface area contributed by atoms with Crippen molar-refractivity contribution in [3.63, 3.8) is 0 Å². The summed E-state index contributed by atoms with van der Waals surface area (Å²) in [7, 11) is 0. The number of carbonyl (C=O) groups excluding carboxylic acids is 1. The van der Waals surface area contributed by atoms with Gasteiger partial charge in [0, 0.05) is 12.6 Å². The van der Waals surface area contributed by atoms with Crippen molar-refractivity contribution in [3.05, 3.63) is 0 Å². The summed E-state index contributed by atoms with van der Waals surface area (Å²) in [5.41, 5.74) is 5.41. The van der Waals surface area contributed by atoms with Gasteiger partial charge in [-0.05, 0) is 44.9 Å². The van der Waals surface area contributed by atoms with E-state index in [0.29, 0.717) is 18.0 Å². The maximum Gasteiger partial charge on any atom is 0.224 e. The van der Waals surface area contributed by atoms with Crippen LogP contribution < -0.4 is 11.1 Å². The molecular weight excluding hydrogens is 200 g/mol. The van der Waals surface area contributed by atoms with E-state index in [1.54, 1.807) is 0 Å². The van der Waals surface area contributed by atoms with E-state index in [2.05, 4.69) is 19.2 Å². The minimum absolute atomic E-state index is 0.226. The Bertz CT molecular complexity index is 249. The largest absolute Gasteiger partial charge is 0.369 e. The summed E-state index contributed by atoms with van der Waals surface area (Å²) in [5, 5.41) is 3.48. The molecule has 3 nitrogen and oxygen atoms in total. The summed E-state index contributed by atoms with van der Waals surface area (Å²) in [4.78, 5) is 11.2. The smallest absolute Gasteiger partial charge is 0.224 e. The molecule has 1 saturated carbocycles. The van der Waals surface area contributed by atoms with Crippen molar-refractivity contribution in [1.29, 1.82) is 0 Å². The summed E-state index contributed by atoms with van der Waals surface area (Å²) in [5.74, 6) is -0.226. The summed E-state index contributed by atoms with van der Waals surface area (Å²) in [6, 6.07) is 0.562. The average Bonchev–Trinajstić information content (AvgIpc) is 2.16. The molecule has 16 heavy (non-hydrogen) atoms. The zero-order chi connectivity index (χ0) is 12.4. The second kappa shape index (κ2) is 4.74. The third-order valence-corrected chi connectivity index (χ3v) is 3.84. The Balaban J connectivity index is 2.33. The van der Waals surface area contributed by atoms with Crippen LogP contribution in [0.1, 0.15) is 53.4 Å². The van der Waals surface area contributed by atoms with Crippen molar-refractivity contribution in [2.75, 3.05) is 6.54 Å². The Morgan fingerprint density at radius 2 is 1.88 bits per heavy atom. The van der Waals surface area contributed by atoms with Gasteiger partial charge in [0.15, 0.2) is 0 Å². The highest BCUT2D eigenvalue weighted by Gasteiger charge is 2.29. The Morgan fingerprint density at radius 3 is 2.31 bits per heavy atom. The first-order valence-electron chi connectivity index (χ1n) is 6.26. The first kappa shape index (κ1) is 13.5. The fourth-order valence-corrected chi connectivity index (χ4v) is 2.09. The Morgan fingerprint density at radius 1 is 1.38 bits per heavy atom. The number of hydrogen-bond donors (Lipinski definition) is 2. The highest BCUT2D eigenvalue weighted by atomic mass is 16.1. The van der Waals surface area contributed by atoms with Crippen LogP contribution in [0.3, 0.4) is 0 Å². The van der Waals surface area contributed by atoms with Crippen molar-refractivity contribution in [3.8, 4) is 0 Å². The molecule has 1 rings (SSSR count). The monoisotopic (exact) mass is 226 g/mol. The minimum atomic E-state index is -0.438. The van der Waals surface area contributed by atoms with Gasteiger partial charge in [0.1, 0.15) is 0 Å². The second-order valence-corrected chi connectivity index (χ2v) is 6.57. The van der Waals surface area contributed by atoms with Gasteiger partial charge in [-0.15, -0.1) is 0 Å². The maximum absolute atomic E-state index is 11.2. The number of nitrogens with one attached hydrogen (secondary N) is 1. The van der Waals surface area contributed by atoms with Crippen molar-refractivity contribution in [2.24, 2.45) is 16.6 Å². The second-order valence-electron chi connectivity index (χ2n) is 6.57. The van der Waals surface area contributed by atoms with Gasteiger partial charge >= 0.3 is 0 Å². The fraction of sp³-hybridized carbons (Fsp3) is 0.923. The molecule has 0 bridgehead atoms. The molecule has 0 saturated heterocycles. The van der Waals surface area contributed by atoms with Crippen LogP contribution in [-0.4, -0.2) is 18.5 Å². The predicted octanol–water partition coefficient (Wildman–Crippen LogP) is 2.06. The third kappa shape index (κ3) is 3.78. The van der Waals surface area contributed by atoms with E-state index < -0.39 is 5.41 Å². The zero-order valence-corrected chi connectivity index (χ0v) is 11.1. The van der Waals surface area contributed by atoms with Crippen molar-refractivity contribution < 1.29 is 4.79 Å². The molecule has 0 radical (unpaired) electrons. The van der Waals surface area contributed by atoms with Crippen molar-refractivity contribution in [1.82, 2.24) is 5.32 Å². The number of carbonyl (C=O) groups is 1. The van der Waals surface area contributed by atoms with Crippen LogP contribution in [0, 0.1) is 10.8 Å². The van der Waals surface area contributed by atoms with E-state index in [0.717, 1.165) is 0 Å². The van der Waals surface area contributed by atoms with Gasteiger partial charge in [0.2, 0.25) is 5.91 Å². The summed E-state index contributed by atoms with van der Waals surface area (Å²) >= 11 is 0. The molecule has 0 unspecified atom stereocenters. The average molecular weight is 226 g/mol. The van der Waals surface area contributed by atoms with E-state index in [9.17, 15) is 4.79 Å². The van der Waals surface area contributed by atoms with Gasteiger partial charge in [-0.1, -0.05) is 13.8 Å². The molecule has 1 aliphatic carbocycles. The molecule has 0 aliphatic heterocycles. The van der Waals surface area contributed by atoms with Crippen LogP contribution >= 0.6 is 0 Å². The van der Waals surface area contributed by atoms with Crippen molar-refractivity contribution >= 4 is 5.91 Å². The molecule has 0 aromatic heterocycles. The van der Waals surface area contributed by atoms with E-state index >= 15 is 0 Å². The van der Waals surface area contributed by atoms with Crippen LogP contribution in [0.2, 0.25) is 0 Å². The van der Waals surface area contributed by atoms with Gasteiger partial charge in [0.25, 0.3) is 0 Å². The zero-order valence-electron chi connectivity index (χ0n) is 11.1. The molecule has 1 aliphatic rings. The fourth-order valence-electron chi connectivity index (χ4n) is 2.09. The third-order valence-electron chi connectivity index (χ3n) is 3.84. The lowest BCUT2D eigenvalue weighted by Gasteiger charge is -2.36. The Labute approximate surface area is 99.2 Å². The van der Waals surface area contributed by atoms with Crippen LogP contribution in [0.5, 0.6) is 0 Å². The molecule has 1 amide bonds. The van der Waals surface area contributed by atoms with Gasteiger partial charge in [0.05, 0.1) is 5.41 Å². The normalized spacial score (nSPS) is 22.0. The van der Waals surface area contributed by atoms with E-state index in [-0.39, 0.29) is 5.91 Å². The molecule has 94 valence electrons. The number of nitrogens with two attached hydrogens (primary N) is 1. The number of amides is 1. The van der Waals surface area contributed by atoms with Gasteiger partial charge in [-0.25, -0.2) is 0 Å². The molecule has 0 spiro atoms. The van der Waals surface area contributed by atoms with E-state index in [4.69, 9.17) is 5.73 Å². The standard InChI is InChI=1S/C13H26N2O/c1-12(2)7-5-10(6-8-12)15-9-13(3,4)11(14)16/h10,15H,5-9H2,1-4H3,(H2,14,16). The first-order chi connectivity index (χ1) is 7.23. The quantitative estimate of drug-likeness (QED) is 0.771. The maximum atomic E-state index is 11.2. The number of rotatable bonds is 4. The molecule has 0 atom stereocenters. The Hall–Kier alpha value is -0.570.